The van der Waals surface area contributed by atoms with Crippen molar-refractivity contribution in [3.8, 4) is 21.8 Å². The number of hydrogen-bond donors (Lipinski definition) is 1. The number of fused-ring (bicyclic) bond motifs is 1. The van der Waals surface area contributed by atoms with Crippen molar-refractivity contribution in [1.29, 1.82) is 0 Å². The average Bonchev–Trinajstić information content (AvgIpc) is 3.47. The Balaban J connectivity index is 1.51. The molecule has 0 radical (unpaired) electrons. The van der Waals surface area contributed by atoms with E-state index in [1.54, 1.807) is 23.5 Å². The van der Waals surface area contributed by atoms with E-state index in [0.717, 1.165) is 16.0 Å². The summed E-state index contributed by atoms with van der Waals surface area (Å²) in [6.07, 6.45) is 0. The van der Waals surface area contributed by atoms with Gasteiger partial charge in [0.05, 0.1) is 5.39 Å². The van der Waals surface area contributed by atoms with E-state index in [-0.39, 0.29) is 11.6 Å². The number of aromatic amines is 1. The molecule has 0 fully saturated rings. The lowest BCUT2D eigenvalue weighted by atomic mass is 10.2. The Labute approximate surface area is 177 Å². The van der Waals surface area contributed by atoms with Crippen molar-refractivity contribution in [2.24, 2.45) is 0 Å². The zero-order chi connectivity index (χ0) is 20.0. The standard InChI is InChI=1S/C19H13ClN6OS2/c1-10(26-24-17(23-25-26)11-4-6-12(20)7-5-11)16-21-18(27)15-13(9-29-19(15)22-16)14-3-2-8-28-14/h2-10H,1H3,(H,21,22,27). The van der Waals surface area contributed by atoms with Gasteiger partial charge in [-0.05, 0) is 47.8 Å². The highest BCUT2D eigenvalue weighted by molar-refractivity contribution is 7.18. The molecule has 5 aromatic rings. The third-order valence-corrected chi connectivity index (χ3v) is 6.55. The average molecular weight is 441 g/mol. The third kappa shape index (κ3) is 3.27. The number of thiophene rings is 2. The number of benzene rings is 1. The maximum Gasteiger partial charge on any atom is 0.260 e. The molecule has 0 bridgehead atoms. The van der Waals surface area contributed by atoms with Crippen molar-refractivity contribution in [1.82, 2.24) is 30.2 Å². The van der Waals surface area contributed by atoms with Crippen LogP contribution in [0, 0.1) is 0 Å². The predicted molar refractivity (Wildman–Crippen MR) is 116 cm³/mol. The molecule has 1 aromatic carbocycles. The summed E-state index contributed by atoms with van der Waals surface area (Å²) in [6, 6.07) is 10.8. The van der Waals surface area contributed by atoms with E-state index in [0.29, 0.717) is 26.9 Å². The Hall–Kier alpha value is -2.88. The maximum atomic E-state index is 12.8. The highest BCUT2D eigenvalue weighted by Gasteiger charge is 2.19. The SMILES string of the molecule is CC(c1nc2scc(-c3cccs3)c2c(=O)[nH]1)n1nnc(-c2ccc(Cl)cc2)n1. The van der Waals surface area contributed by atoms with E-state index >= 15 is 0 Å². The molecule has 0 amide bonds. The molecule has 10 heteroatoms. The fraction of sp³-hybridized carbons (Fsp3) is 0.105. The van der Waals surface area contributed by atoms with Crippen LogP contribution in [-0.4, -0.2) is 30.2 Å². The van der Waals surface area contributed by atoms with Gasteiger partial charge in [-0.3, -0.25) is 4.79 Å². The number of nitrogens with zero attached hydrogens (tertiary/aromatic N) is 5. The summed E-state index contributed by atoms with van der Waals surface area (Å²) in [5.41, 5.74) is 1.56. The minimum absolute atomic E-state index is 0.167. The smallest absolute Gasteiger partial charge is 0.260 e. The molecule has 0 aliphatic rings. The van der Waals surface area contributed by atoms with Crippen molar-refractivity contribution < 1.29 is 0 Å². The van der Waals surface area contributed by atoms with Crippen LogP contribution < -0.4 is 5.56 Å². The highest BCUT2D eigenvalue weighted by Crippen LogP contribution is 2.33. The van der Waals surface area contributed by atoms with Crippen LogP contribution in [0.1, 0.15) is 18.8 Å². The van der Waals surface area contributed by atoms with Gasteiger partial charge in [0.15, 0.2) is 0 Å². The molecule has 144 valence electrons. The molecule has 4 aromatic heterocycles. The Morgan fingerprint density at radius 3 is 2.76 bits per heavy atom. The topological polar surface area (TPSA) is 89.4 Å². The summed E-state index contributed by atoms with van der Waals surface area (Å²) in [6.45, 7) is 1.87. The minimum Gasteiger partial charge on any atom is -0.308 e. The van der Waals surface area contributed by atoms with Gasteiger partial charge in [-0.25, -0.2) is 4.98 Å². The van der Waals surface area contributed by atoms with E-state index in [9.17, 15) is 4.79 Å². The maximum absolute atomic E-state index is 12.8. The zero-order valence-corrected chi connectivity index (χ0v) is 17.4. The van der Waals surface area contributed by atoms with Gasteiger partial charge in [0.2, 0.25) is 5.82 Å². The number of rotatable bonds is 4. The molecule has 0 aliphatic heterocycles. The zero-order valence-electron chi connectivity index (χ0n) is 15.0. The van der Waals surface area contributed by atoms with Gasteiger partial charge >= 0.3 is 0 Å². The van der Waals surface area contributed by atoms with E-state index < -0.39 is 0 Å². The number of H-pyrrole nitrogens is 1. The fourth-order valence-electron chi connectivity index (χ4n) is 2.99. The van der Waals surface area contributed by atoms with Crippen LogP contribution >= 0.6 is 34.3 Å². The van der Waals surface area contributed by atoms with Crippen LogP contribution in [0.25, 0.3) is 32.0 Å². The monoisotopic (exact) mass is 440 g/mol. The first kappa shape index (κ1) is 18.2. The van der Waals surface area contributed by atoms with Crippen molar-refractivity contribution >= 4 is 44.5 Å². The van der Waals surface area contributed by atoms with Crippen LogP contribution in [0.4, 0.5) is 0 Å². The third-order valence-electron chi connectivity index (χ3n) is 4.52. The second kappa shape index (κ2) is 7.18. The normalized spacial score (nSPS) is 12.5. The molecular weight excluding hydrogens is 428 g/mol. The van der Waals surface area contributed by atoms with Crippen molar-refractivity contribution in [2.75, 3.05) is 0 Å². The Morgan fingerprint density at radius 2 is 2.00 bits per heavy atom. The molecule has 29 heavy (non-hydrogen) atoms. The van der Waals surface area contributed by atoms with Gasteiger partial charge in [0.25, 0.3) is 5.56 Å². The Kier molecular flexibility index (Phi) is 4.50. The van der Waals surface area contributed by atoms with Crippen LogP contribution in [0.2, 0.25) is 5.02 Å². The number of nitrogens with one attached hydrogen (secondary N) is 1. The molecular formula is C19H13ClN6OS2. The molecule has 0 aliphatic carbocycles. The van der Waals surface area contributed by atoms with Crippen LogP contribution in [-0.2, 0) is 0 Å². The fourth-order valence-corrected chi connectivity index (χ4v) is 4.88. The predicted octanol–water partition coefficient (Wildman–Crippen LogP) is 4.63. The van der Waals surface area contributed by atoms with Crippen molar-refractivity contribution in [2.45, 2.75) is 13.0 Å². The molecule has 1 N–H and O–H groups in total. The van der Waals surface area contributed by atoms with Crippen LogP contribution in [0.5, 0.6) is 0 Å². The van der Waals surface area contributed by atoms with Gasteiger partial charge in [0.1, 0.15) is 16.7 Å². The van der Waals surface area contributed by atoms with Gasteiger partial charge < -0.3 is 4.98 Å². The first-order chi connectivity index (χ1) is 14.1. The van der Waals surface area contributed by atoms with E-state index in [2.05, 4.69) is 25.4 Å². The first-order valence-corrected chi connectivity index (χ1v) is 10.8. The van der Waals surface area contributed by atoms with Crippen LogP contribution in [0.3, 0.4) is 0 Å². The van der Waals surface area contributed by atoms with Gasteiger partial charge in [-0.1, -0.05) is 17.7 Å². The summed E-state index contributed by atoms with van der Waals surface area (Å²) < 4.78 is 0. The molecule has 5 rings (SSSR count). The Bertz CT molecular complexity index is 1350. The summed E-state index contributed by atoms with van der Waals surface area (Å²) in [5, 5.41) is 17.9. The highest BCUT2D eigenvalue weighted by atomic mass is 35.5. The van der Waals surface area contributed by atoms with Gasteiger partial charge in [-0.15, -0.1) is 32.9 Å². The molecule has 0 saturated carbocycles. The van der Waals surface area contributed by atoms with Crippen LogP contribution in [0.15, 0.2) is 52.0 Å². The molecule has 0 spiro atoms. The Morgan fingerprint density at radius 1 is 1.17 bits per heavy atom. The lowest BCUT2D eigenvalue weighted by molar-refractivity contribution is 0.462. The lowest BCUT2D eigenvalue weighted by Crippen LogP contribution is -2.19. The van der Waals surface area contributed by atoms with Gasteiger partial charge in [0, 0.05) is 26.4 Å². The first-order valence-electron chi connectivity index (χ1n) is 8.71. The summed E-state index contributed by atoms with van der Waals surface area (Å²) >= 11 is 8.98. The number of hydrogen-bond acceptors (Lipinski definition) is 7. The summed E-state index contributed by atoms with van der Waals surface area (Å²) in [5.74, 6) is 0.968. The molecule has 1 unspecified atom stereocenters. The molecule has 4 heterocycles. The minimum atomic E-state index is -0.382. The summed E-state index contributed by atoms with van der Waals surface area (Å²) in [4.78, 5) is 23.5. The molecule has 0 saturated heterocycles. The number of halogens is 1. The van der Waals surface area contributed by atoms with E-state index in [4.69, 9.17) is 11.6 Å². The number of tetrazole rings is 1. The number of aromatic nitrogens is 6. The van der Waals surface area contributed by atoms with Crippen molar-refractivity contribution in [3.05, 3.63) is 68.4 Å². The largest absolute Gasteiger partial charge is 0.308 e. The quantitative estimate of drug-likeness (QED) is 0.440. The lowest BCUT2D eigenvalue weighted by Gasteiger charge is -2.09. The van der Waals surface area contributed by atoms with E-state index in [1.807, 2.05) is 41.9 Å². The second-order valence-electron chi connectivity index (χ2n) is 6.37. The van der Waals surface area contributed by atoms with Crippen molar-refractivity contribution in [3.63, 3.8) is 0 Å². The summed E-state index contributed by atoms with van der Waals surface area (Å²) in [7, 11) is 0. The molecule has 7 nitrogen and oxygen atoms in total. The second-order valence-corrected chi connectivity index (χ2v) is 8.62. The molecule has 1 atom stereocenters. The van der Waals surface area contributed by atoms with Gasteiger partial charge in [-0.2, -0.15) is 4.80 Å². The van der Waals surface area contributed by atoms with E-state index in [1.165, 1.54) is 16.1 Å².